The van der Waals surface area contributed by atoms with Crippen LogP contribution in [-0.4, -0.2) is 51.7 Å². The Morgan fingerprint density at radius 3 is 2.64 bits per heavy atom. The van der Waals surface area contributed by atoms with Gasteiger partial charge in [-0.05, 0) is 37.3 Å². The maximum absolute atomic E-state index is 12.1. The first-order chi connectivity index (χ1) is 12.0. The smallest absolute Gasteiger partial charge is 0.240 e. The van der Waals surface area contributed by atoms with Crippen LogP contribution < -0.4 is 4.90 Å². The number of rotatable bonds is 2. The SMILES string of the molecule is CC(Cl)C(=O)N1CCN(c2nc3cc(Cl)ccc3n3cccc23)CC1. The summed E-state index contributed by atoms with van der Waals surface area (Å²) in [4.78, 5) is 21.0. The Morgan fingerprint density at radius 2 is 1.92 bits per heavy atom. The number of alkyl halides is 1. The number of nitrogens with zero attached hydrogens (tertiary/aromatic N) is 4. The van der Waals surface area contributed by atoms with Crippen LogP contribution in [0.15, 0.2) is 36.5 Å². The summed E-state index contributed by atoms with van der Waals surface area (Å²) in [6.07, 6.45) is 2.03. The topological polar surface area (TPSA) is 40.9 Å². The molecule has 7 heteroatoms. The number of halogens is 2. The molecule has 3 heterocycles. The van der Waals surface area contributed by atoms with Gasteiger partial charge in [-0.2, -0.15) is 0 Å². The fourth-order valence-electron chi connectivity index (χ4n) is 3.36. The van der Waals surface area contributed by atoms with Crippen LogP contribution in [0.25, 0.3) is 16.6 Å². The van der Waals surface area contributed by atoms with Gasteiger partial charge in [0.25, 0.3) is 0 Å². The van der Waals surface area contributed by atoms with Gasteiger partial charge in [0.1, 0.15) is 5.38 Å². The van der Waals surface area contributed by atoms with E-state index in [-0.39, 0.29) is 5.91 Å². The summed E-state index contributed by atoms with van der Waals surface area (Å²) in [5.74, 6) is 0.915. The first-order valence-corrected chi connectivity index (χ1v) is 9.10. The molecular formula is C18H18Cl2N4O. The zero-order chi connectivity index (χ0) is 17.6. The van der Waals surface area contributed by atoms with Crippen molar-refractivity contribution < 1.29 is 4.79 Å². The van der Waals surface area contributed by atoms with Gasteiger partial charge in [0, 0.05) is 37.4 Å². The number of fused-ring (bicyclic) bond motifs is 3. The molecule has 2 aromatic heterocycles. The van der Waals surface area contributed by atoms with Crippen molar-refractivity contribution >= 4 is 51.5 Å². The van der Waals surface area contributed by atoms with E-state index in [4.69, 9.17) is 28.2 Å². The second-order valence-corrected chi connectivity index (χ2v) is 7.35. The molecule has 3 aromatic rings. The highest BCUT2D eigenvalue weighted by atomic mass is 35.5. The van der Waals surface area contributed by atoms with E-state index in [9.17, 15) is 4.79 Å². The molecule has 1 aromatic carbocycles. The lowest BCUT2D eigenvalue weighted by Gasteiger charge is -2.36. The van der Waals surface area contributed by atoms with E-state index < -0.39 is 5.38 Å². The molecule has 1 amide bonds. The lowest BCUT2D eigenvalue weighted by Crippen LogP contribution is -2.50. The third-order valence-corrected chi connectivity index (χ3v) is 5.05. The highest BCUT2D eigenvalue weighted by Gasteiger charge is 2.25. The molecule has 0 radical (unpaired) electrons. The van der Waals surface area contributed by atoms with Crippen LogP contribution in [0.1, 0.15) is 6.92 Å². The molecule has 1 unspecified atom stereocenters. The standard InChI is InChI=1S/C18H18Cl2N4O/c1-12(19)18(25)23-9-7-22(8-10-23)17-16-3-2-6-24(16)15-5-4-13(20)11-14(15)21-17/h2-6,11-12H,7-10H2,1H3. The second-order valence-electron chi connectivity index (χ2n) is 6.26. The number of aromatic nitrogens is 2. The zero-order valence-electron chi connectivity index (χ0n) is 13.8. The molecule has 1 aliphatic heterocycles. The number of anilines is 1. The van der Waals surface area contributed by atoms with Gasteiger partial charge in [0.05, 0.1) is 16.6 Å². The van der Waals surface area contributed by atoms with Crippen molar-refractivity contribution in [3.05, 3.63) is 41.6 Å². The lowest BCUT2D eigenvalue weighted by atomic mass is 10.2. The summed E-state index contributed by atoms with van der Waals surface area (Å²) in [6.45, 7) is 4.48. The van der Waals surface area contributed by atoms with Crippen molar-refractivity contribution in [2.24, 2.45) is 0 Å². The van der Waals surface area contributed by atoms with Crippen molar-refractivity contribution in [3.8, 4) is 0 Å². The summed E-state index contributed by atoms with van der Waals surface area (Å²) in [5, 5.41) is 0.189. The number of hydrogen-bond donors (Lipinski definition) is 0. The first kappa shape index (κ1) is 16.5. The van der Waals surface area contributed by atoms with Crippen molar-refractivity contribution in [3.63, 3.8) is 0 Å². The van der Waals surface area contributed by atoms with Crippen LogP contribution in [0.3, 0.4) is 0 Å². The van der Waals surface area contributed by atoms with Crippen molar-refractivity contribution in [2.75, 3.05) is 31.1 Å². The van der Waals surface area contributed by atoms with Crippen molar-refractivity contribution in [2.45, 2.75) is 12.3 Å². The summed E-state index contributed by atoms with van der Waals surface area (Å²) in [6, 6.07) is 9.83. The molecule has 1 fully saturated rings. The Balaban J connectivity index is 1.69. The van der Waals surface area contributed by atoms with Crippen LogP contribution in [0.2, 0.25) is 5.02 Å². The Labute approximate surface area is 155 Å². The van der Waals surface area contributed by atoms with Gasteiger partial charge >= 0.3 is 0 Å². The molecule has 0 N–H and O–H groups in total. The van der Waals surface area contributed by atoms with E-state index in [2.05, 4.69) is 15.4 Å². The van der Waals surface area contributed by atoms with Crippen LogP contribution >= 0.6 is 23.2 Å². The average molecular weight is 377 g/mol. The van der Waals surface area contributed by atoms with Crippen molar-refractivity contribution in [1.82, 2.24) is 14.3 Å². The molecule has 130 valence electrons. The average Bonchev–Trinajstić information content (AvgIpc) is 3.10. The minimum Gasteiger partial charge on any atom is -0.351 e. The van der Waals surface area contributed by atoms with E-state index in [1.165, 1.54) is 0 Å². The predicted octanol–water partition coefficient (Wildman–Crippen LogP) is 3.42. The third kappa shape index (κ3) is 2.92. The van der Waals surface area contributed by atoms with Gasteiger partial charge in [0.2, 0.25) is 5.91 Å². The van der Waals surface area contributed by atoms with Crippen molar-refractivity contribution in [1.29, 1.82) is 0 Å². The zero-order valence-corrected chi connectivity index (χ0v) is 15.3. The summed E-state index contributed by atoms with van der Waals surface area (Å²) < 4.78 is 2.13. The summed E-state index contributed by atoms with van der Waals surface area (Å²) in [7, 11) is 0. The minimum absolute atomic E-state index is 0.00704. The molecule has 0 bridgehead atoms. The lowest BCUT2D eigenvalue weighted by molar-refractivity contribution is -0.130. The van der Waals surface area contributed by atoms with Gasteiger partial charge in [0.15, 0.2) is 5.82 Å². The van der Waals surface area contributed by atoms with Gasteiger partial charge < -0.3 is 14.2 Å². The first-order valence-electron chi connectivity index (χ1n) is 8.29. The van der Waals surface area contributed by atoms with E-state index in [0.717, 1.165) is 35.5 Å². The Morgan fingerprint density at radius 1 is 1.16 bits per heavy atom. The van der Waals surface area contributed by atoms with E-state index in [0.29, 0.717) is 18.1 Å². The van der Waals surface area contributed by atoms with E-state index in [1.807, 2.05) is 35.4 Å². The minimum atomic E-state index is -0.482. The normalized spacial score (nSPS) is 16.6. The van der Waals surface area contributed by atoms with Gasteiger partial charge in [-0.1, -0.05) is 11.6 Å². The molecule has 1 atom stereocenters. The highest BCUT2D eigenvalue weighted by Crippen LogP contribution is 2.27. The Kier molecular flexibility index (Phi) is 4.21. The second kappa shape index (κ2) is 6.39. The highest BCUT2D eigenvalue weighted by molar-refractivity contribution is 6.31. The molecule has 4 rings (SSSR count). The number of hydrogen-bond acceptors (Lipinski definition) is 3. The van der Waals surface area contributed by atoms with Crippen LogP contribution in [0.5, 0.6) is 0 Å². The molecule has 1 aliphatic rings. The molecule has 0 spiro atoms. The van der Waals surface area contributed by atoms with Gasteiger partial charge in [-0.25, -0.2) is 4.98 Å². The van der Waals surface area contributed by atoms with E-state index in [1.54, 1.807) is 6.92 Å². The molecule has 25 heavy (non-hydrogen) atoms. The fourth-order valence-corrected chi connectivity index (χ4v) is 3.66. The maximum atomic E-state index is 12.1. The number of amides is 1. The summed E-state index contributed by atoms with van der Waals surface area (Å²) >= 11 is 12.1. The Hall–Kier alpha value is -1.98. The largest absolute Gasteiger partial charge is 0.351 e. The van der Waals surface area contributed by atoms with Crippen LogP contribution in [-0.2, 0) is 4.79 Å². The number of carbonyl (C=O) groups is 1. The molecule has 0 saturated carbocycles. The monoisotopic (exact) mass is 376 g/mol. The fraction of sp³-hybridized carbons (Fsp3) is 0.333. The molecule has 0 aliphatic carbocycles. The van der Waals surface area contributed by atoms with Gasteiger partial charge in [-0.15, -0.1) is 11.6 Å². The molecular weight excluding hydrogens is 359 g/mol. The Bertz CT molecular complexity index is 945. The molecule has 5 nitrogen and oxygen atoms in total. The molecule has 1 saturated heterocycles. The predicted molar refractivity (Wildman–Crippen MR) is 102 cm³/mol. The van der Waals surface area contributed by atoms with E-state index >= 15 is 0 Å². The quantitative estimate of drug-likeness (QED) is 0.643. The van der Waals surface area contributed by atoms with Gasteiger partial charge in [-0.3, -0.25) is 4.79 Å². The summed E-state index contributed by atoms with van der Waals surface area (Å²) in [5.41, 5.74) is 2.94. The van der Waals surface area contributed by atoms with Crippen LogP contribution in [0.4, 0.5) is 5.82 Å². The van der Waals surface area contributed by atoms with Crippen LogP contribution in [0, 0.1) is 0 Å². The number of piperazine rings is 1. The third-order valence-electron chi connectivity index (χ3n) is 4.63. The maximum Gasteiger partial charge on any atom is 0.240 e. The number of carbonyl (C=O) groups excluding carboxylic acids is 1. The number of benzene rings is 1.